The Kier molecular flexibility index (Phi) is 3.73. The minimum absolute atomic E-state index is 0.0213. The molecule has 0 aromatic carbocycles. The lowest BCUT2D eigenvalue weighted by Gasteiger charge is -1.98. The molecule has 2 aromatic rings. The summed E-state index contributed by atoms with van der Waals surface area (Å²) in [7, 11) is 1.54. The molecule has 10 nitrogen and oxygen atoms in total. The first-order valence-corrected chi connectivity index (χ1v) is 5.73. The van der Waals surface area contributed by atoms with Gasteiger partial charge in [0, 0.05) is 12.6 Å². The molecule has 0 spiro atoms. The summed E-state index contributed by atoms with van der Waals surface area (Å²) in [5.74, 6) is -0.545. The molecule has 0 saturated carbocycles. The van der Waals surface area contributed by atoms with Gasteiger partial charge in [0.1, 0.15) is 12.7 Å². The number of aromatic nitrogens is 5. The first-order valence-electron chi connectivity index (χ1n) is 5.73. The number of nitrogens with zero attached hydrogens (tertiary/aromatic N) is 6. The number of hydrogen-bond acceptors (Lipinski definition) is 6. The third-order valence-corrected chi connectivity index (χ3v) is 2.73. The van der Waals surface area contributed by atoms with Crippen molar-refractivity contribution in [2.24, 2.45) is 7.05 Å². The molecule has 2 rings (SSSR count). The quantitative estimate of drug-likeness (QED) is 0.581. The summed E-state index contributed by atoms with van der Waals surface area (Å²) in [6.45, 7) is 0.227. The van der Waals surface area contributed by atoms with E-state index in [9.17, 15) is 14.9 Å². The Bertz CT molecular complexity index is 646. The number of carboxylic acid groups (broad SMARTS) is 1. The molecule has 0 atom stereocenters. The average molecular weight is 280 g/mol. The largest absolute Gasteiger partial charge is 0.481 e. The van der Waals surface area contributed by atoms with Gasteiger partial charge in [-0.15, -0.1) is 5.10 Å². The Morgan fingerprint density at radius 2 is 2.30 bits per heavy atom. The van der Waals surface area contributed by atoms with Gasteiger partial charge < -0.3 is 15.2 Å². The average Bonchev–Trinajstić information content (AvgIpc) is 2.95. The van der Waals surface area contributed by atoms with Crippen molar-refractivity contribution in [2.75, 3.05) is 0 Å². The van der Waals surface area contributed by atoms with E-state index in [1.54, 1.807) is 13.2 Å². The van der Waals surface area contributed by atoms with E-state index < -0.39 is 10.9 Å². The third-order valence-electron chi connectivity index (χ3n) is 2.73. The molecule has 0 fully saturated rings. The Morgan fingerprint density at radius 3 is 2.90 bits per heavy atom. The molecule has 0 aliphatic rings. The van der Waals surface area contributed by atoms with Crippen LogP contribution in [0.25, 0.3) is 0 Å². The van der Waals surface area contributed by atoms with Gasteiger partial charge in [-0.3, -0.25) is 4.79 Å². The Hall–Kier alpha value is -2.78. The van der Waals surface area contributed by atoms with Crippen molar-refractivity contribution in [2.45, 2.75) is 19.4 Å². The first kappa shape index (κ1) is 13.6. The van der Waals surface area contributed by atoms with Crippen LogP contribution in [0, 0.1) is 10.1 Å². The predicted molar refractivity (Wildman–Crippen MR) is 64.9 cm³/mol. The molecule has 10 heteroatoms. The summed E-state index contributed by atoms with van der Waals surface area (Å²) < 4.78 is 2.82. The fourth-order valence-electron chi connectivity index (χ4n) is 1.66. The summed E-state index contributed by atoms with van der Waals surface area (Å²) in [5.41, 5.74) is 0.552. The zero-order valence-corrected chi connectivity index (χ0v) is 10.6. The van der Waals surface area contributed by atoms with Gasteiger partial charge in [-0.25, -0.2) is 14.2 Å². The molecule has 0 saturated heterocycles. The topological polar surface area (TPSA) is 129 Å². The number of aryl methyl sites for hydroxylation is 1. The number of hydrogen-bond donors (Lipinski definition) is 1. The Balaban J connectivity index is 2.07. The van der Waals surface area contributed by atoms with Crippen molar-refractivity contribution in [3.8, 4) is 0 Å². The monoisotopic (exact) mass is 280 g/mol. The third kappa shape index (κ3) is 2.96. The zero-order chi connectivity index (χ0) is 14.7. The summed E-state index contributed by atoms with van der Waals surface area (Å²) in [4.78, 5) is 24.6. The second-order valence-electron chi connectivity index (χ2n) is 4.15. The SMILES string of the molecule is Cn1c([N+](=O)[O-])cnc1Cn1cc(CCC(=O)O)nn1. The molecule has 2 heterocycles. The molecule has 0 radical (unpaired) electrons. The maximum absolute atomic E-state index is 10.7. The van der Waals surface area contributed by atoms with Crippen LogP contribution in [0.5, 0.6) is 0 Å². The predicted octanol–water partition coefficient (Wildman–Crippen LogP) is -0.0147. The number of nitro groups is 1. The first-order chi connectivity index (χ1) is 9.47. The lowest BCUT2D eigenvalue weighted by molar-refractivity contribution is -0.391. The van der Waals surface area contributed by atoms with Crippen LogP contribution in [-0.4, -0.2) is 40.5 Å². The second-order valence-corrected chi connectivity index (χ2v) is 4.15. The van der Waals surface area contributed by atoms with E-state index >= 15 is 0 Å². The van der Waals surface area contributed by atoms with Gasteiger partial charge in [-0.1, -0.05) is 5.21 Å². The summed E-state index contributed by atoms with van der Waals surface area (Å²) in [6, 6.07) is 0. The van der Waals surface area contributed by atoms with E-state index in [4.69, 9.17) is 5.11 Å². The van der Waals surface area contributed by atoms with Gasteiger partial charge in [-0.05, 0) is 4.92 Å². The summed E-state index contributed by atoms with van der Waals surface area (Å²) in [6.07, 6.45) is 3.05. The van der Waals surface area contributed by atoms with Crippen LogP contribution in [0.1, 0.15) is 17.9 Å². The summed E-state index contributed by atoms with van der Waals surface area (Å²) >= 11 is 0. The number of carboxylic acids is 1. The van der Waals surface area contributed by atoms with E-state index in [1.807, 2.05) is 0 Å². The minimum atomic E-state index is -0.903. The van der Waals surface area contributed by atoms with Crippen molar-refractivity contribution in [1.82, 2.24) is 24.5 Å². The minimum Gasteiger partial charge on any atom is -0.481 e. The van der Waals surface area contributed by atoms with Gasteiger partial charge >= 0.3 is 11.8 Å². The van der Waals surface area contributed by atoms with E-state index in [1.165, 1.54) is 15.4 Å². The Morgan fingerprint density at radius 1 is 1.55 bits per heavy atom. The molecule has 0 aliphatic carbocycles. The summed E-state index contributed by atoms with van der Waals surface area (Å²) in [5, 5.41) is 26.9. The number of imidazole rings is 1. The van der Waals surface area contributed by atoms with Gasteiger partial charge in [0.2, 0.25) is 5.82 Å². The van der Waals surface area contributed by atoms with Gasteiger partial charge in [0.05, 0.1) is 19.2 Å². The van der Waals surface area contributed by atoms with Crippen LogP contribution in [0.3, 0.4) is 0 Å². The van der Waals surface area contributed by atoms with E-state index in [0.29, 0.717) is 11.5 Å². The number of rotatable bonds is 6. The smallest absolute Gasteiger partial charge is 0.342 e. The van der Waals surface area contributed by atoms with Crippen LogP contribution < -0.4 is 0 Å². The highest BCUT2D eigenvalue weighted by Crippen LogP contribution is 2.12. The van der Waals surface area contributed by atoms with Gasteiger partial charge in [-0.2, -0.15) is 0 Å². The molecule has 0 bridgehead atoms. The van der Waals surface area contributed by atoms with Crippen LogP contribution in [-0.2, 0) is 24.8 Å². The van der Waals surface area contributed by atoms with E-state index in [0.717, 1.165) is 0 Å². The molecule has 20 heavy (non-hydrogen) atoms. The second kappa shape index (κ2) is 5.47. The van der Waals surface area contributed by atoms with Gasteiger partial charge in [0.15, 0.2) is 0 Å². The fourth-order valence-corrected chi connectivity index (χ4v) is 1.66. The van der Waals surface area contributed by atoms with Gasteiger partial charge in [0.25, 0.3) is 0 Å². The van der Waals surface area contributed by atoms with E-state index in [-0.39, 0.29) is 25.2 Å². The van der Waals surface area contributed by atoms with Crippen molar-refractivity contribution in [3.05, 3.63) is 34.0 Å². The maximum atomic E-state index is 10.7. The highest BCUT2D eigenvalue weighted by Gasteiger charge is 2.17. The van der Waals surface area contributed by atoms with Crippen LogP contribution in [0.4, 0.5) is 5.82 Å². The highest BCUT2D eigenvalue weighted by atomic mass is 16.6. The molecule has 0 unspecified atom stereocenters. The lowest BCUT2D eigenvalue weighted by atomic mass is 10.2. The molecular formula is C10H12N6O4. The molecule has 1 N–H and O–H groups in total. The van der Waals surface area contributed by atoms with E-state index in [2.05, 4.69) is 15.3 Å². The van der Waals surface area contributed by atoms with Crippen LogP contribution >= 0.6 is 0 Å². The number of carbonyl (C=O) groups is 1. The number of aliphatic carboxylic acids is 1. The molecule has 0 aliphatic heterocycles. The highest BCUT2D eigenvalue weighted by molar-refractivity contribution is 5.66. The van der Waals surface area contributed by atoms with Crippen molar-refractivity contribution >= 4 is 11.8 Å². The molecule has 0 amide bonds. The van der Waals surface area contributed by atoms with Crippen molar-refractivity contribution in [1.29, 1.82) is 0 Å². The molecular weight excluding hydrogens is 268 g/mol. The van der Waals surface area contributed by atoms with Crippen LogP contribution in [0.15, 0.2) is 12.4 Å². The lowest BCUT2D eigenvalue weighted by Crippen LogP contribution is -2.08. The van der Waals surface area contributed by atoms with Crippen molar-refractivity contribution < 1.29 is 14.8 Å². The van der Waals surface area contributed by atoms with Crippen molar-refractivity contribution in [3.63, 3.8) is 0 Å². The normalized spacial score (nSPS) is 10.7. The molecule has 106 valence electrons. The standard InChI is InChI=1S/C10H12N6O4/c1-14-8(11-4-9(14)16(19)20)6-15-5-7(12-13-15)2-3-10(17)18/h4-5H,2-3,6H2,1H3,(H,17,18). The fraction of sp³-hybridized carbons (Fsp3) is 0.400. The van der Waals surface area contributed by atoms with Crippen LogP contribution in [0.2, 0.25) is 0 Å². The molecule has 2 aromatic heterocycles. The maximum Gasteiger partial charge on any atom is 0.342 e. The Labute approximate surface area is 112 Å². The zero-order valence-electron chi connectivity index (χ0n) is 10.6.